The minimum atomic E-state index is 0.627. The molecule has 0 atom stereocenters. The first kappa shape index (κ1) is 12.0. The van der Waals surface area contributed by atoms with Crippen LogP contribution in [0.25, 0.3) is 22.4 Å². The van der Waals surface area contributed by atoms with Gasteiger partial charge >= 0.3 is 0 Å². The van der Waals surface area contributed by atoms with Gasteiger partial charge in [0, 0.05) is 29.0 Å². The van der Waals surface area contributed by atoms with E-state index in [1.54, 1.807) is 18.5 Å². The van der Waals surface area contributed by atoms with Crippen LogP contribution in [0.15, 0.2) is 36.7 Å². The molecule has 96 valence electrons. The van der Waals surface area contributed by atoms with Gasteiger partial charge in [0.05, 0.1) is 11.7 Å². The highest BCUT2D eigenvalue weighted by atomic mass is 35.5. The molecule has 2 aromatic heterocycles. The van der Waals surface area contributed by atoms with Crippen LogP contribution in [0.2, 0.25) is 5.02 Å². The lowest BCUT2D eigenvalue weighted by Crippen LogP contribution is -2.00. The number of hydrogen-bond donors (Lipinski definition) is 1. The standard InChI is InChI=1S/C14H13ClN4/c1-2-19-13-5-6-17-8-12(13)18-14(19)10-4-3-9(15)7-11(10)16/h3-8H,2,16H2,1H3. The third-order valence-corrected chi connectivity index (χ3v) is 3.36. The maximum absolute atomic E-state index is 6.05. The second-order valence-corrected chi connectivity index (χ2v) is 4.71. The van der Waals surface area contributed by atoms with Crippen molar-refractivity contribution in [3.63, 3.8) is 0 Å². The molecule has 0 amide bonds. The monoisotopic (exact) mass is 272 g/mol. The predicted octanol–water partition coefficient (Wildman–Crippen LogP) is 3.35. The van der Waals surface area contributed by atoms with Gasteiger partial charge in [-0.1, -0.05) is 11.6 Å². The average molecular weight is 273 g/mol. The normalized spacial score (nSPS) is 11.1. The van der Waals surface area contributed by atoms with Gasteiger partial charge in [0.25, 0.3) is 0 Å². The number of aromatic nitrogens is 3. The second kappa shape index (κ2) is 4.55. The summed E-state index contributed by atoms with van der Waals surface area (Å²) in [6.45, 7) is 2.90. The van der Waals surface area contributed by atoms with Crippen molar-refractivity contribution in [2.75, 3.05) is 5.73 Å². The smallest absolute Gasteiger partial charge is 0.143 e. The highest BCUT2D eigenvalue weighted by molar-refractivity contribution is 6.31. The molecular formula is C14H13ClN4. The molecule has 2 heterocycles. The van der Waals surface area contributed by atoms with E-state index in [0.29, 0.717) is 10.7 Å². The van der Waals surface area contributed by atoms with E-state index in [4.69, 9.17) is 17.3 Å². The quantitative estimate of drug-likeness (QED) is 0.728. The zero-order chi connectivity index (χ0) is 13.4. The molecule has 0 fully saturated rings. The molecule has 2 N–H and O–H groups in total. The van der Waals surface area contributed by atoms with Crippen LogP contribution in [0.4, 0.5) is 5.69 Å². The van der Waals surface area contributed by atoms with E-state index >= 15 is 0 Å². The van der Waals surface area contributed by atoms with Gasteiger partial charge in [0.2, 0.25) is 0 Å². The maximum Gasteiger partial charge on any atom is 0.143 e. The number of nitrogens with two attached hydrogens (primary N) is 1. The fourth-order valence-electron chi connectivity index (χ4n) is 2.24. The SMILES string of the molecule is CCn1c(-c2ccc(Cl)cc2N)nc2cnccc21. The molecular weight excluding hydrogens is 260 g/mol. The van der Waals surface area contributed by atoms with Crippen molar-refractivity contribution in [3.05, 3.63) is 41.7 Å². The lowest BCUT2D eigenvalue weighted by Gasteiger charge is -2.08. The zero-order valence-corrected chi connectivity index (χ0v) is 11.2. The van der Waals surface area contributed by atoms with Crippen molar-refractivity contribution < 1.29 is 0 Å². The number of aryl methyl sites for hydroxylation is 1. The summed E-state index contributed by atoms with van der Waals surface area (Å²) in [4.78, 5) is 8.73. The lowest BCUT2D eigenvalue weighted by molar-refractivity contribution is 0.796. The van der Waals surface area contributed by atoms with E-state index in [0.717, 1.165) is 29.0 Å². The van der Waals surface area contributed by atoms with E-state index in [-0.39, 0.29) is 0 Å². The summed E-state index contributed by atoms with van der Waals surface area (Å²) in [7, 11) is 0. The number of fused-ring (bicyclic) bond motifs is 1. The summed E-state index contributed by atoms with van der Waals surface area (Å²) in [6, 6.07) is 7.43. The predicted molar refractivity (Wildman–Crippen MR) is 78.1 cm³/mol. The first-order valence-corrected chi connectivity index (χ1v) is 6.44. The van der Waals surface area contributed by atoms with Gasteiger partial charge in [-0.3, -0.25) is 4.98 Å². The molecule has 3 aromatic rings. The van der Waals surface area contributed by atoms with Crippen LogP contribution in [0, 0.1) is 0 Å². The molecule has 0 bridgehead atoms. The van der Waals surface area contributed by atoms with E-state index in [9.17, 15) is 0 Å². The number of halogens is 1. The van der Waals surface area contributed by atoms with Crippen LogP contribution in [-0.2, 0) is 6.54 Å². The molecule has 4 nitrogen and oxygen atoms in total. The molecule has 1 aromatic carbocycles. The molecule has 3 rings (SSSR count). The van der Waals surface area contributed by atoms with Crippen LogP contribution in [0.3, 0.4) is 0 Å². The molecule has 0 unspecified atom stereocenters. The van der Waals surface area contributed by atoms with Gasteiger partial charge in [0.15, 0.2) is 0 Å². The van der Waals surface area contributed by atoms with Gasteiger partial charge < -0.3 is 10.3 Å². The molecule has 0 saturated heterocycles. The Balaban J connectivity index is 2.30. The summed E-state index contributed by atoms with van der Waals surface area (Å²) in [5, 5.41) is 0.627. The first-order valence-electron chi connectivity index (χ1n) is 6.06. The van der Waals surface area contributed by atoms with Crippen LogP contribution >= 0.6 is 11.6 Å². The number of hydrogen-bond acceptors (Lipinski definition) is 3. The van der Waals surface area contributed by atoms with Gasteiger partial charge in [-0.25, -0.2) is 4.98 Å². The van der Waals surface area contributed by atoms with E-state index in [2.05, 4.69) is 21.5 Å². The third kappa shape index (κ3) is 1.94. The Morgan fingerprint density at radius 1 is 1.32 bits per heavy atom. The Bertz CT molecular complexity index is 748. The molecule has 0 saturated carbocycles. The van der Waals surface area contributed by atoms with Crippen molar-refractivity contribution in [2.45, 2.75) is 13.5 Å². The number of nitrogens with zero attached hydrogens (tertiary/aromatic N) is 3. The maximum atomic E-state index is 6.05. The van der Waals surface area contributed by atoms with Crippen LogP contribution in [0.5, 0.6) is 0 Å². The van der Waals surface area contributed by atoms with Gasteiger partial charge in [-0.15, -0.1) is 0 Å². The van der Waals surface area contributed by atoms with Gasteiger partial charge in [-0.05, 0) is 31.2 Å². The Hall–Kier alpha value is -2.07. The molecule has 19 heavy (non-hydrogen) atoms. The molecule has 0 radical (unpaired) electrons. The van der Waals surface area contributed by atoms with Crippen molar-refractivity contribution in [1.29, 1.82) is 0 Å². The van der Waals surface area contributed by atoms with Crippen molar-refractivity contribution in [3.8, 4) is 11.4 Å². The number of benzene rings is 1. The van der Waals surface area contributed by atoms with Crippen molar-refractivity contribution in [1.82, 2.24) is 14.5 Å². The topological polar surface area (TPSA) is 56.7 Å². The summed E-state index contributed by atoms with van der Waals surface area (Å²) in [5.74, 6) is 0.847. The average Bonchev–Trinajstić information content (AvgIpc) is 2.76. The second-order valence-electron chi connectivity index (χ2n) is 4.28. The minimum absolute atomic E-state index is 0.627. The molecule has 0 aliphatic heterocycles. The number of nitrogen functional groups attached to an aromatic ring is 1. The highest BCUT2D eigenvalue weighted by Crippen LogP contribution is 2.30. The highest BCUT2D eigenvalue weighted by Gasteiger charge is 2.13. The fraction of sp³-hybridized carbons (Fsp3) is 0.143. The molecule has 0 spiro atoms. The Morgan fingerprint density at radius 3 is 2.89 bits per heavy atom. The Kier molecular flexibility index (Phi) is 2.87. The number of pyridine rings is 1. The summed E-state index contributed by atoms with van der Waals surface area (Å²) in [5.41, 5.74) is 9.49. The summed E-state index contributed by atoms with van der Waals surface area (Å²) >= 11 is 5.94. The first-order chi connectivity index (χ1) is 9.20. The number of imidazole rings is 1. The Labute approximate surface area is 115 Å². The Morgan fingerprint density at radius 2 is 2.16 bits per heavy atom. The summed E-state index contributed by atoms with van der Waals surface area (Å²) in [6.07, 6.45) is 3.53. The lowest BCUT2D eigenvalue weighted by atomic mass is 10.1. The van der Waals surface area contributed by atoms with Crippen LogP contribution in [-0.4, -0.2) is 14.5 Å². The largest absolute Gasteiger partial charge is 0.398 e. The summed E-state index contributed by atoms with van der Waals surface area (Å²) < 4.78 is 2.12. The molecule has 0 aliphatic rings. The van der Waals surface area contributed by atoms with E-state index in [1.807, 2.05) is 18.2 Å². The molecule has 5 heteroatoms. The molecule has 0 aliphatic carbocycles. The third-order valence-electron chi connectivity index (χ3n) is 3.12. The fourth-order valence-corrected chi connectivity index (χ4v) is 2.43. The van der Waals surface area contributed by atoms with Gasteiger partial charge in [-0.2, -0.15) is 0 Å². The van der Waals surface area contributed by atoms with Crippen LogP contribution in [0.1, 0.15) is 6.92 Å². The zero-order valence-electron chi connectivity index (χ0n) is 10.5. The van der Waals surface area contributed by atoms with Crippen molar-refractivity contribution in [2.24, 2.45) is 0 Å². The minimum Gasteiger partial charge on any atom is -0.398 e. The van der Waals surface area contributed by atoms with E-state index in [1.165, 1.54) is 0 Å². The van der Waals surface area contributed by atoms with Gasteiger partial charge in [0.1, 0.15) is 11.3 Å². The van der Waals surface area contributed by atoms with Crippen LogP contribution < -0.4 is 5.73 Å². The van der Waals surface area contributed by atoms with Crippen molar-refractivity contribution >= 4 is 28.3 Å². The number of anilines is 1. The van der Waals surface area contributed by atoms with E-state index < -0.39 is 0 Å². The number of rotatable bonds is 2.